The molecule has 0 fully saturated rings. The van der Waals surface area contributed by atoms with Crippen LogP contribution in [0.4, 0.5) is 17.2 Å². The number of hydrogen-bond donors (Lipinski definition) is 2. The minimum absolute atomic E-state index is 0.240. The van der Waals surface area contributed by atoms with Gasteiger partial charge in [-0.15, -0.1) is 0 Å². The summed E-state index contributed by atoms with van der Waals surface area (Å²) in [5, 5.41) is 5.95. The molecule has 27 heavy (non-hydrogen) atoms. The molecule has 0 aliphatic heterocycles. The van der Waals surface area contributed by atoms with E-state index in [0.29, 0.717) is 22.6 Å². The number of rotatable bonds is 5. The van der Waals surface area contributed by atoms with E-state index < -0.39 is 5.97 Å². The minimum atomic E-state index is -0.452. The summed E-state index contributed by atoms with van der Waals surface area (Å²) < 4.78 is 4.79. The molecule has 6 heteroatoms. The number of pyridine rings is 1. The molecule has 0 atom stereocenters. The van der Waals surface area contributed by atoms with Crippen molar-refractivity contribution in [3.63, 3.8) is 0 Å². The van der Waals surface area contributed by atoms with Gasteiger partial charge in [-0.25, -0.2) is 9.78 Å². The van der Waals surface area contributed by atoms with Crippen molar-refractivity contribution in [1.29, 1.82) is 0 Å². The Hall–Kier alpha value is -3.67. The Morgan fingerprint density at radius 1 is 0.963 bits per heavy atom. The number of carbonyl (C=O) groups excluding carboxylic acids is 2. The third-order valence-corrected chi connectivity index (χ3v) is 4.01. The smallest absolute Gasteiger partial charge is 0.339 e. The summed E-state index contributed by atoms with van der Waals surface area (Å²) in [7, 11) is 1.33. The van der Waals surface area contributed by atoms with Crippen molar-refractivity contribution >= 4 is 29.1 Å². The van der Waals surface area contributed by atoms with Crippen LogP contribution in [0.1, 0.15) is 26.3 Å². The van der Waals surface area contributed by atoms with Crippen molar-refractivity contribution in [1.82, 2.24) is 4.98 Å². The molecule has 0 aliphatic rings. The number of anilines is 3. The molecule has 3 rings (SSSR count). The lowest BCUT2D eigenvalue weighted by Crippen LogP contribution is -2.13. The van der Waals surface area contributed by atoms with Gasteiger partial charge in [0, 0.05) is 17.4 Å². The van der Waals surface area contributed by atoms with Gasteiger partial charge in [-0.3, -0.25) is 4.79 Å². The molecular weight excluding hydrogens is 342 g/mol. The Labute approximate surface area is 157 Å². The molecule has 2 aromatic carbocycles. The lowest BCUT2D eigenvalue weighted by molar-refractivity contribution is 0.0601. The van der Waals surface area contributed by atoms with E-state index in [0.717, 1.165) is 11.3 Å². The van der Waals surface area contributed by atoms with Crippen LogP contribution in [0.25, 0.3) is 0 Å². The molecule has 0 saturated carbocycles. The zero-order valence-corrected chi connectivity index (χ0v) is 15.0. The first-order valence-electron chi connectivity index (χ1n) is 8.36. The molecule has 6 nitrogen and oxygen atoms in total. The highest BCUT2D eigenvalue weighted by molar-refractivity contribution is 6.05. The third kappa shape index (κ3) is 4.30. The zero-order chi connectivity index (χ0) is 19.2. The van der Waals surface area contributed by atoms with Crippen LogP contribution in [0, 0.1) is 6.92 Å². The number of amides is 1. The maximum atomic E-state index is 12.6. The van der Waals surface area contributed by atoms with Gasteiger partial charge in [0.25, 0.3) is 5.91 Å². The SMILES string of the molecule is COC(=O)c1ccccc1Nc1cc(C(=O)Nc2ccccc2C)ccn1. The number of nitrogens with zero attached hydrogens (tertiary/aromatic N) is 1. The average Bonchev–Trinajstić information content (AvgIpc) is 2.70. The van der Waals surface area contributed by atoms with E-state index in [-0.39, 0.29) is 5.91 Å². The van der Waals surface area contributed by atoms with Crippen LogP contribution >= 0.6 is 0 Å². The van der Waals surface area contributed by atoms with Crippen LogP contribution in [-0.2, 0) is 4.74 Å². The first-order valence-corrected chi connectivity index (χ1v) is 8.36. The van der Waals surface area contributed by atoms with Gasteiger partial charge in [-0.1, -0.05) is 30.3 Å². The third-order valence-electron chi connectivity index (χ3n) is 4.01. The van der Waals surface area contributed by atoms with Crippen molar-refractivity contribution in [3.05, 3.63) is 83.6 Å². The van der Waals surface area contributed by atoms with Crippen LogP contribution in [-0.4, -0.2) is 24.0 Å². The highest BCUT2D eigenvalue weighted by atomic mass is 16.5. The van der Waals surface area contributed by atoms with Crippen molar-refractivity contribution < 1.29 is 14.3 Å². The highest BCUT2D eigenvalue weighted by Crippen LogP contribution is 2.21. The Morgan fingerprint density at radius 3 is 2.41 bits per heavy atom. The summed E-state index contributed by atoms with van der Waals surface area (Å²) >= 11 is 0. The van der Waals surface area contributed by atoms with Crippen LogP contribution in [0.5, 0.6) is 0 Å². The standard InChI is InChI=1S/C21H19N3O3/c1-14-7-3-5-9-17(14)24-20(25)15-11-12-22-19(13-15)23-18-10-6-4-8-16(18)21(26)27-2/h3-13H,1-2H3,(H,22,23)(H,24,25). The van der Waals surface area contributed by atoms with Crippen LogP contribution < -0.4 is 10.6 Å². The van der Waals surface area contributed by atoms with Crippen molar-refractivity contribution in [3.8, 4) is 0 Å². The molecule has 0 saturated heterocycles. The molecule has 0 bridgehead atoms. The lowest BCUT2D eigenvalue weighted by atomic mass is 10.1. The monoisotopic (exact) mass is 361 g/mol. The summed E-state index contributed by atoms with van der Waals surface area (Å²) in [5.41, 5.74) is 3.12. The highest BCUT2D eigenvalue weighted by Gasteiger charge is 2.13. The number of hydrogen-bond acceptors (Lipinski definition) is 5. The molecule has 1 amide bonds. The van der Waals surface area contributed by atoms with Gasteiger partial charge in [0.05, 0.1) is 18.4 Å². The molecule has 1 aromatic heterocycles. The van der Waals surface area contributed by atoms with Gasteiger partial charge >= 0.3 is 5.97 Å². The number of benzene rings is 2. The van der Waals surface area contributed by atoms with E-state index in [1.807, 2.05) is 31.2 Å². The van der Waals surface area contributed by atoms with Gasteiger partial charge in [-0.2, -0.15) is 0 Å². The Bertz CT molecular complexity index is 986. The fourth-order valence-corrected chi connectivity index (χ4v) is 2.57. The fourth-order valence-electron chi connectivity index (χ4n) is 2.57. The predicted molar refractivity (Wildman–Crippen MR) is 104 cm³/mol. The van der Waals surface area contributed by atoms with Crippen LogP contribution in [0.2, 0.25) is 0 Å². The Balaban J connectivity index is 1.81. The second-order valence-corrected chi connectivity index (χ2v) is 5.86. The number of para-hydroxylation sites is 2. The topological polar surface area (TPSA) is 80.3 Å². The number of esters is 1. The number of carbonyl (C=O) groups is 2. The number of aromatic nitrogens is 1. The van der Waals surface area contributed by atoms with E-state index in [9.17, 15) is 9.59 Å². The lowest BCUT2D eigenvalue weighted by Gasteiger charge is -2.11. The van der Waals surface area contributed by atoms with Gasteiger partial charge in [-0.05, 0) is 42.8 Å². The zero-order valence-electron chi connectivity index (χ0n) is 15.0. The molecule has 136 valence electrons. The first-order chi connectivity index (χ1) is 13.1. The number of nitrogens with one attached hydrogen (secondary N) is 2. The Morgan fingerprint density at radius 2 is 1.67 bits per heavy atom. The largest absolute Gasteiger partial charge is 0.465 e. The number of ether oxygens (including phenoxy) is 1. The van der Waals surface area contributed by atoms with E-state index in [4.69, 9.17) is 4.74 Å². The van der Waals surface area contributed by atoms with Crippen molar-refractivity contribution in [2.75, 3.05) is 17.7 Å². The maximum Gasteiger partial charge on any atom is 0.339 e. The first kappa shape index (κ1) is 18.1. The van der Waals surface area contributed by atoms with Gasteiger partial charge in [0.1, 0.15) is 5.82 Å². The van der Waals surface area contributed by atoms with E-state index in [2.05, 4.69) is 15.6 Å². The second-order valence-electron chi connectivity index (χ2n) is 5.86. The van der Waals surface area contributed by atoms with Gasteiger partial charge in [0.2, 0.25) is 0 Å². The molecular formula is C21H19N3O3. The molecule has 0 radical (unpaired) electrons. The van der Waals surface area contributed by atoms with Gasteiger partial charge in [0.15, 0.2) is 0 Å². The Kier molecular flexibility index (Phi) is 5.47. The number of methoxy groups -OCH3 is 1. The number of aryl methyl sites for hydroxylation is 1. The van der Waals surface area contributed by atoms with E-state index >= 15 is 0 Å². The van der Waals surface area contributed by atoms with E-state index in [1.165, 1.54) is 13.3 Å². The summed E-state index contributed by atoms with van der Waals surface area (Å²) in [4.78, 5) is 28.7. The molecule has 0 unspecified atom stereocenters. The molecule has 0 spiro atoms. The fraction of sp³-hybridized carbons (Fsp3) is 0.0952. The minimum Gasteiger partial charge on any atom is -0.465 e. The second kappa shape index (κ2) is 8.14. The molecule has 0 aliphatic carbocycles. The quantitative estimate of drug-likeness (QED) is 0.667. The average molecular weight is 361 g/mol. The summed E-state index contributed by atoms with van der Waals surface area (Å²) in [6.07, 6.45) is 1.54. The predicted octanol–water partition coefficient (Wildman–Crippen LogP) is 4.17. The normalized spacial score (nSPS) is 10.1. The van der Waals surface area contributed by atoms with Crippen molar-refractivity contribution in [2.24, 2.45) is 0 Å². The maximum absolute atomic E-state index is 12.6. The van der Waals surface area contributed by atoms with E-state index in [1.54, 1.807) is 36.4 Å². The summed E-state index contributed by atoms with van der Waals surface area (Å²) in [5.74, 6) is -0.244. The van der Waals surface area contributed by atoms with Gasteiger partial charge < -0.3 is 15.4 Å². The summed E-state index contributed by atoms with van der Waals surface area (Å²) in [6.45, 7) is 1.93. The molecule has 2 N–H and O–H groups in total. The van der Waals surface area contributed by atoms with Crippen molar-refractivity contribution in [2.45, 2.75) is 6.92 Å². The van der Waals surface area contributed by atoms with Crippen LogP contribution in [0.15, 0.2) is 66.9 Å². The van der Waals surface area contributed by atoms with Crippen LogP contribution in [0.3, 0.4) is 0 Å². The summed E-state index contributed by atoms with van der Waals surface area (Å²) in [6, 6.07) is 17.8. The molecule has 1 heterocycles. The molecule has 3 aromatic rings.